The quantitative estimate of drug-likeness (QED) is 0.711. The molecule has 0 saturated carbocycles. The predicted octanol–water partition coefficient (Wildman–Crippen LogP) is 4.74. The molecule has 0 radical (unpaired) electrons. The van der Waals surface area contributed by atoms with Crippen molar-refractivity contribution in [3.8, 4) is 0 Å². The van der Waals surface area contributed by atoms with Crippen molar-refractivity contribution in [1.82, 2.24) is 9.97 Å². The average Bonchev–Trinajstić information content (AvgIpc) is 2.54. The Kier molecular flexibility index (Phi) is 4.95. The van der Waals surface area contributed by atoms with Crippen molar-refractivity contribution >= 4 is 34.7 Å². The molecule has 126 valence electrons. The molecule has 3 aromatic rings. The highest BCUT2D eigenvalue weighted by Gasteiger charge is 2.11. The number of carbonyl (C=O) groups is 1. The van der Waals surface area contributed by atoms with E-state index in [-0.39, 0.29) is 5.91 Å². The number of rotatable bonds is 4. The van der Waals surface area contributed by atoms with Gasteiger partial charge in [-0.25, -0.2) is 9.97 Å². The summed E-state index contributed by atoms with van der Waals surface area (Å²) in [5, 5.41) is 6.61. The topological polar surface area (TPSA) is 66.9 Å². The molecule has 0 aliphatic carbocycles. The highest BCUT2D eigenvalue weighted by Crippen LogP contribution is 2.20. The monoisotopic (exact) mass is 352 g/mol. The maximum absolute atomic E-state index is 12.5. The fraction of sp³-hybridized carbons (Fsp3) is 0.105. The van der Waals surface area contributed by atoms with E-state index >= 15 is 0 Å². The molecule has 1 aromatic heterocycles. The number of anilines is 3. The Morgan fingerprint density at radius 1 is 0.960 bits per heavy atom. The van der Waals surface area contributed by atoms with Crippen LogP contribution in [-0.2, 0) is 0 Å². The molecule has 3 rings (SSSR count). The first-order chi connectivity index (χ1) is 12.0. The van der Waals surface area contributed by atoms with Gasteiger partial charge >= 0.3 is 0 Å². The van der Waals surface area contributed by atoms with Gasteiger partial charge in [0.25, 0.3) is 5.91 Å². The van der Waals surface area contributed by atoms with E-state index in [0.717, 1.165) is 16.9 Å². The molecule has 0 spiro atoms. The number of nitrogens with zero attached hydrogens (tertiary/aromatic N) is 2. The lowest BCUT2D eigenvalue weighted by Gasteiger charge is -2.10. The van der Waals surface area contributed by atoms with Gasteiger partial charge in [-0.1, -0.05) is 29.8 Å². The number of aromatic nitrogens is 2. The van der Waals surface area contributed by atoms with E-state index in [4.69, 9.17) is 11.6 Å². The Labute approximate surface area is 151 Å². The second-order valence-corrected chi connectivity index (χ2v) is 6.08. The minimum absolute atomic E-state index is 0.287. The summed E-state index contributed by atoms with van der Waals surface area (Å²) in [6.45, 7) is 3.71. The minimum atomic E-state index is -0.287. The van der Waals surface area contributed by atoms with Gasteiger partial charge in [0.05, 0.1) is 0 Å². The van der Waals surface area contributed by atoms with Crippen LogP contribution < -0.4 is 10.6 Å². The molecule has 25 heavy (non-hydrogen) atoms. The molecule has 0 unspecified atom stereocenters. The van der Waals surface area contributed by atoms with Gasteiger partial charge in [0.15, 0.2) is 0 Å². The Bertz CT molecular complexity index is 927. The van der Waals surface area contributed by atoms with Gasteiger partial charge in [0.1, 0.15) is 17.3 Å². The van der Waals surface area contributed by atoms with Gasteiger partial charge in [-0.3, -0.25) is 4.79 Å². The molecule has 0 aliphatic heterocycles. The molecule has 1 heterocycles. The molecule has 2 N–H and O–H groups in total. The van der Waals surface area contributed by atoms with Crippen molar-refractivity contribution in [3.63, 3.8) is 0 Å². The maximum Gasteiger partial charge on any atom is 0.274 e. The molecule has 0 saturated heterocycles. The van der Waals surface area contributed by atoms with Crippen molar-refractivity contribution in [2.24, 2.45) is 0 Å². The minimum Gasteiger partial charge on any atom is -0.340 e. The Hall–Kier alpha value is -2.92. The average molecular weight is 353 g/mol. The van der Waals surface area contributed by atoms with Crippen molar-refractivity contribution in [2.45, 2.75) is 13.8 Å². The zero-order chi connectivity index (χ0) is 17.8. The van der Waals surface area contributed by atoms with Crippen LogP contribution in [0.3, 0.4) is 0 Å². The molecule has 0 fully saturated rings. The van der Waals surface area contributed by atoms with Crippen LogP contribution in [0.5, 0.6) is 0 Å². The molecular weight excluding hydrogens is 336 g/mol. The number of amides is 1. The number of halogens is 1. The lowest BCUT2D eigenvalue weighted by molar-refractivity contribution is 0.102. The summed E-state index contributed by atoms with van der Waals surface area (Å²) in [6, 6.07) is 16.5. The van der Waals surface area contributed by atoms with Gasteiger partial charge in [0.2, 0.25) is 0 Å². The first kappa shape index (κ1) is 16.9. The third-order valence-electron chi connectivity index (χ3n) is 3.44. The van der Waals surface area contributed by atoms with E-state index in [1.165, 1.54) is 0 Å². The van der Waals surface area contributed by atoms with Gasteiger partial charge in [-0.15, -0.1) is 0 Å². The molecule has 0 bridgehead atoms. The van der Waals surface area contributed by atoms with E-state index in [1.807, 2.05) is 43.3 Å². The van der Waals surface area contributed by atoms with Crippen LogP contribution in [0.15, 0.2) is 54.6 Å². The summed E-state index contributed by atoms with van der Waals surface area (Å²) < 4.78 is 0. The van der Waals surface area contributed by atoms with Crippen LogP contribution in [0, 0.1) is 13.8 Å². The van der Waals surface area contributed by atoms with E-state index in [1.54, 1.807) is 25.1 Å². The molecular formula is C19H17ClN4O. The van der Waals surface area contributed by atoms with Crippen LogP contribution in [0.25, 0.3) is 0 Å². The van der Waals surface area contributed by atoms with E-state index in [9.17, 15) is 4.79 Å². The van der Waals surface area contributed by atoms with Crippen LogP contribution in [-0.4, -0.2) is 15.9 Å². The molecule has 2 aromatic carbocycles. The first-order valence-electron chi connectivity index (χ1n) is 7.76. The van der Waals surface area contributed by atoms with Crippen LogP contribution in [0.1, 0.15) is 21.9 Å². The van der Waals surface area contributed by atoms with Gasteiger partial charge < -0.3 is 10.6 Å². The van der Waals surface area contributed by atoms with Gasteiger partial charge in [-0.05, 0) is 49.7 Å². The smallest absolute Gasteiger partial charge is 0.274 e. The standard InChI is InChI=1S/C19H17ClN4O/c1-12-5-3-7-15(9-12)24-19(25)17-11-18(22-13(2)21-17)23-16-8-4-6-14(20)10-16/h3-11H,1-2H3,(H,24,25)(H,21,22,23). The fourth-order valence-electron chi connectivity index (χ4n) is 2.38. The number of benzene rings is 2. The lowest BCUT2D eigenvalue weighted by Crippen LogP contribution is -2.15. The highest BCUT2D eigenvalue weighted by atomic mass is 35.5. The normalized spacial score (nSPS) is 10.4. The number of nitrogens with one attached hydrogen (secondary N) is 2. The summed E-state index contributed by atoms with van der Waals surface area (Å²) in [7, 11) is 0. The second kappa shape index (κ2) is 7.32. The van der Waals surface area contributed by atoms with Crippen LogP contribution in [0.4, 0.5) is 17.2 Å². The third kappa shape index (κ3) is 4.55. The van der Waals surface area contributed by atoms with Crippen molar-refractivity contribution < 1.29 is 4.79 Å². The predicted molar refractivity (Wildman–Crippen MR) is 101 cm³/mol. The van der Waals surface area contributed by atoms with Crippen molar-refractivity contribution in [2.75, 3.05) is 10.6 Å². The van der Waals surface area contributed by atoms with E-state index in [2.05, 4.69) is 20.6 Å². The maximum atomic E-state index is 12.5. The van der Waals surface area contributed by atoms with E-state index in [0.29, 0.717) is 22.4 Å². The molecule has 0 atom stereocenters. The summed E-state index contributed by atoms with van der Waals surface area (Å²) in [5.74, 6) is 0.746. The van der Waals surface area contributed by atoms with Gasteiger partial charge in [0, 0.05) is 22.5 Å². The Morgan fingerprint density at radius 3 is 2.48 bits per heavy atom. The highest BCUT2D eigenvalue weighted by molar-refractivity contribution is 6.30. The lowest BCUT2D eigenvalue weighted by atomic mass is 10.2. The van der Waals surface area contributed by atoms with Crippen molar-refractivity contribution in [3.05, 3.63) is 76.7 Å². The molecule has 1 amide bonds. The zero-order valence-electron chi connectivity index (χ0n) is 13.9. The Morgan fingerprint density at radius 2 is 1.72 bits per heavy atom. The SMILES string of the molecule is Cc1cccc(NC(=O)c2cc(Nc3cccc(Cl)c3)nc(C)n2)c1. The first-order valence-corrected chi connectivity index (χ1v) is 8.14. The number of carbonyl (C=O) groups excluding carboxylic acids is 1. The summed E-state index contributed by atoms with van der Waals surface area (Å²) in [6.07, 6.45) is 0. The summed E-state index contributed by atoms with van der Waals surface area (Å²) in [4.78, 5) is 21.0. The number of aryl methyl sites for hydroxylation is 2. The fourth-order valence-corrected chi connectivity index (χ4v) is 2.57. The Balaban J connectivity index is 1.82. The van der Waals surface area contributed by atoms with Crippen molar-refractivity contribution in [1.29, 1.82) is 0 Å². The van der Waals surface area contributed by atoms with Crippen LogP contribution >= 0.6 is 11.6 Å². The van der Waals surface area contributed by atoms with Gasteiger partial charge in [-0.2, -0.15) is 0 Å². The van der Waals surface area contributed by atoms with Crippen LogP contribution in [0.2, 0.25) is 5.02 Å². The number of hydrogen-bond acceptors (Lipinski definition) is 4. The largest absolute Gasteiger partial charge is 0.340 e. The molecule has 0 aliphatic rings. The molecule has 6 heteroatoms. The zero-order valence-corrected chi connectivity index (χ0v) is 14.6. The third-order valence-corrected chi connectivity index (χ3v) is 3.68. The number of hydrogen-bond donors (Lipinski definition) is 2. The molecule has 5 nitrogen and oxygen atoms in total. The second-order valence-electron chi connectivity index (χ2n) is 5.64. The van der Waals surface area contributed by atoms with E-state index < -0.39 is 0 Å². The summed E-state index contributed by atoms with van der Waals surface area (Å²) in [5.41, 5.74) is 2.87. The summed E-state index contributed by atoms with van der Waals surface area (Å²) >= 11 is 5.99.